The molecule has 2 heteroatoms. The van der Waals surface area contributed by atoms with Crippen LogP contribution in [-0.4, -0.2) is 6.61 Å². The van der Waals surface area contributed by atoms with Gasteiger partial charge in [-0.1, -0.05) is 39.8 Å². The Hall–Kier alpha value is -1.02. The predicted octanol–water partition coefficient (Wildman–Crippen LogP) is 3.69. The van der Waals surface area contributed by atoms with Crippen LogP contribution in [0.25, 0.3) is 0 Å². The first-order chi connectivity index (χ1) is 8.85. The van der Waals surface area contributed by atoms with Crippen LogP contribution >= 0.6 is 0 Å². The molecule has 1 aromatic rings. The minimum Gasteiger partial charge on any atom is -0.493 e. The van der Waals surface area contributed by atoms with E-state index in [9.17, 15) is 0 Å². The van der Waals surface area contributed by atoms with E-state index in [0.717, 1.165) is 25.2 Å². The molecular formula is C17H25NO. The summed E-state index contributed by atoms with van der Waals surface area (Å²) in [5, 5.41) is 0. The Morgan fingerprint density at radius 2 is 1.89 bits per heavy atom. The average molecular weight is 259 g/mol. The normalized spacial score (nSPS) is 25.3. The van der Waals surface area contributed by atoms with Gasteiger partial charge in [-0.2, -0.15) is 0 Å². The molecule has 0 aromatic heterocycles. The number of aryl methyl sites for hydroxylation is 1. The zero-order valence-corrected chi connectivity index (χ0v) is 12.5. The first kappa shape index (κ1) is 13.0. The Labute approximate surface area is 116 Å². The second-order valence-electron chi connectivity index (χ2n) is 7.27. The Balaban J connectivity index is 1.87. The largest absolute Gasteiger partial charge is 0.493 e. The lowest BCUT2D eigenvalue weighted by atomic mass is 9.94. The van der Waals surface area contributed by atoms with E-state index in [2.05, 4.69) is 45.9 Å². The lowest BCUT2D eigenvalue weighted by Crippen LogP contribution is -2.17. The zero-order chi connectivity index (χ0) is 13.8. The van der Waals surface area contributed by atoms with Crippen molar-refractivity contribution < 1.29 is 4.74 Å². The molecule has 0 saturated heterocycles. The summed E-state index contributed by atoms with van der Waals surface area (Å²) in [6.45, 7) is 10.2. The number of nitrogens with two attached hydrogens (primary N) is 1. The Kier molecular flexibility index (Phi) is 2.72. The van der Waals surface area contributed by atoms with Crippen LogP contribution in [0.3, 0.4) is 0 Å². The van der Waals surface area contributed by atoms with E-state index in [4.69, 9.17) is 10.5 Å². The summed E-state index contributed by atoms with van der Waals surface area (Å²) in [5.74, 6) is 1.61. The van der Waals surface area contributed by atoms with Crippen LogP contribution in [0.1, 0.15) is 51.3 Å². The molecule has 0 amide bonds. The molecule has 1 aliphatic heterocycles. The van der Waals surface area contributed by atoms with E-state index in [-0.39, 0.29) is 6.04 Å². The number of hydrogen-bond acceptors (Lipinski definition) is 2. The molecule has 1 fully saturated rings. The fraction of sp³-hybridized carbons (Fsp3) is 0.647. The molecule has 0 bridgehead atoms. The molecule has 2 nitrogen and oxygen atoms in total. The van der Waals surface area contributed by atoms with Gasteiger partial charge in [0.1, 0.15) is 5.75 Å². The van der Waals surface area contributed by atoms with Crippen LogP contribution in [0.15, 0.2) is 18.2 Å². The summed E-state index contributed by atoms with van der Waals surface area (Å²) < 4.78 is 5.68. The molecule has 3 rings (SSSR count). The molecule has 1 aromatic carbocycles. The van der Waals surface area contributed by atoms with Gasteiger partial charge >= 0.3 is 0 Å². The highest BCUT2D eigenvalue weighted by Crippen LogP contribution is 2.71. The second-order valence-corrected chi connectivity index (χ2v) is 7.27. The predicted molar refractivity (Wildman–Crippen MR) is 78.2 cm³/mol. The molecule has 1 saturated carbocycles. The molecule has 0 radical (unpaired) electrons. The second kappa shape index (κ2) is 3.99. The van der Waals surface area contributed by atoms with Crippen LogP contribution in [0.5, 0.6) is 5.75 Å². The first-order valence-corrected chi connectivity index (χ1v) is 7.37. The smallest absolute Gasteiger partial charge is 0.122 e. The third-order valence-corrected chi connectivity index (χ3v) is 5.81. The average Bonchev–Trinajstić information content (AvgIpc) is 2.78. The molecule has 2 aliphatic rings. The van der Waals surface area contributed by atoms with Crippen molar-refractivity contribution in [2.75, 3.05) is 6.61 Å². The third-order valence-electron chi connectivity index (χ3n) is 5.81. The number of benzene rings is 1. The van der Waals surface area contributed by atoms with Gasteiger partial charge in [0.25, 0.3) is 0 Å². The first-order valence-electron chi connectivity index (χ1n) is 7.37. The SMILES string of the molecule is CC1(C)C(C(N)c2ccc3c(c2)CCCO3)C1(C)C. The number of rotatable bonds is 2. The third kappa shape index (κ3) is 1.80. The van der Waals surface area contributed by atoms with Gasteiger partial charge in [-0.15, -0.1) is 0 Å². The number of ether oxygens (including phenoxy) is 1. The fourth-order valence-electron chi connectivity index (χ4n) is 3.93. The van der Waals surface area contributed by atoms with Crippen LogP contribution in [0.2, 0.25) is 0 Å². The minimum atomic E-state index is 0.136. The quantitative estimate of drug-likeness (QED) is 0.879. The van der Waals surface area contributed by atoms with Crippen molar-refractivity contribution in [3.63, 3.8) is 0 Å². The van der Waals surface area contributed by atoms with Gasteiger partial charge in [-0.05, 0) is 46.8 Å². The summed E-state index contributed by atoms with van der Waals surface area (Å²) in [6, 6.07) is 6.66. The Bertz CT molecular complexity index is 490. The van der Waals surface area contributed by atoms with Crippen molar-refractivity contribution in [3.05, 3.63) is 29.3 Å². The number of fused-ring (bicyclic) bond motifs is 1. The topological polar surface area (TPSA) is 35.2 Å². The molecule has 1 unspecified atom stereocenters. The Morgan fingerprint density at radius 1 is 1.21 bits per heavy atom. The van der Waals surface area contributed by atoms with Crippen molar-refractivity contribution in [3.8, 4) is 5.75 Å². The van der Waals surface area contributed by atoms with Gasteiger partial charge in [0.2, 0.25) is 0 Å². The molecule has 0 spiro atoms. The summed E-state index contributed by atoms with van der Waals surface area (Å²) in [5.41, 5.74) is 9.81. The van der Waals surface area contributed by atoms with Gasteiger partial charge in [0, 0.05) is 6.04 Å². The lowest BCUT2D eigenvalue weighted by Gasteiger charge is -2.21. The summed E-state index contributed by atoms with van der Waals surface area (Å²) >= 11 is 0. The summed E-state index contributed by atoms with van der Waals surface area (Å²) in [6.07, 6.45) is 2.24. The van der Waals surface area contributed by atoms with Crippen LogP contribution in [0, 0.1) is 16.7 Å². The number of hydrogen-bond donors (Lipinski definition) is 1. The summed E-state index contributed by atoms with van der Waals surface area (Å²) in [4.78, 5) is 0. The van der Waals surface area contributed by atoms with E-state index < -0.39 is 0 Å². The van der Waals surface area contributed by atoms with Gasteiger partial charge < -0.3 is 10.5 Å². The highest BCUT2D eigenvalue weighted by atomic mass is 16.5. The van der Waals surface area contributed by atoms with Crippen LogP contribution < -0.4 is 10.5 Å². The van der Waals surface area contributed by atoms with E-state index in [0.29, 0.717) is 16.7 Å². The zero-order valence-electron chi connectivity index (χ0n) is 12.5. The maximum Gasteiger partial charge on any atom is 0.122 e. The van der Waals surface area contributed by atoms with Gasteiger partial charge in [-0.3, -0.25) is 0 Å². The summed E-state index contributed by atoms with van der Waals surface area (Å²) in [7, 11) is 0. The molecule has 1 heterocycles. The molecule has 1 aliphatic carbocycles. The van der Waals surface area contributed by atoms with Crippen molar-refractivity contribution in [1.82, 2.24) is 0 Å². The molecule has 1 atom stereocenters. The van der Waals surface area contributed by atoms with Crippen molar-refractivity contribution in [1.29, 1.82) is 0 Å². The highest BCUT2D eigenvalue weighted by Gasteiger charge is 2.66. The minimum absolute atomic E-state index is 0.136. The Morgan fingerprint density at radius 3 is 2.53 bits per heavy atom. The molecule has 19 heavy (non-hydrogen) atoms. The van der Waals surface area contributed by atoms with E-state index in [1.165, 1.54) is 11.1 Å². The monoisotopic (exact) mass is 259 g/mol. The van der Waals surface area contributed by atoms with Gasteiger partial charge in [0.15, 0.2) is 0 Å². The van der Waals surface area contributed by atoms with Gasteiger partial charge in [-0.25, -0.2) is 0 Å². The molecule has 2 N–H and O–H groups in total. The maximum atomic E-state index is 6.54. The molecule has 104 valence electrons. The van der Waals surface area contributed by atoms with Crippen molar-refractivity contribution >= 4 is 0 Å². The maximum absolute atomic E-state index is 6.54. The molecular weight excluding hydrogens is 234 g/mol. The highest BCUT2D eigenvalue weighted by molar-refractivity contribution is 5.40. The van der Waals surface area contributed by atoms with Crippen LogP contribution in [0.4, 0.5) is 0 Å². The fourth-order valence-corrected chi connectivity index (χ4v) is 3.93. The standard InChI is InChI=1S/C17H25NO/c1-16(2)15(17(16,3)4)14(18)12-7-8-13-11(10-12)6-5-9-19-13/h7-8,10,14-15H,5-6,9,18H2,1-4H3. The van der Waals surface area contributed by atoms with Gasteiger partial charge in [0.05, 0.1) is 6.61 Å². The van der Waals surface area contributed by atoms with Crippen molar-refractivity contribution in [2.24, 2.45) is 22.5 Å². The van der Waals surface area contributed by atoms with Crippen molar-refractivity contribution in [2.45, 2.75) is 46.6 Å². The van der Waals surface area contributed by atoms with E-state index in [1.54, 1.807) is 0 Å². The lowest BCUT2D eigenvalue weighted by molar-refractivity contribution is 0.288. The van der Waals surface area contributed by atoms with E-state index in [1.807, 2.05) is 0 Å². The van der Waals surface area contributed by atoms with E-state index >= 15 is 0 Å². The van der Waals surface area contributed by atoms with Crippen LogP contribution in [-0.2, 0) is 6.42 Å².